The predicted molar refractivity (Wildman–Crippen MR) is 116 cm³/mol. The largest absolute Gasteiger partial charge is 0.466 e. The van der Waals surface area contributed by atoms with E-state index in [2.05, 4.69) is 16.3 Å². The molecule has 0 spiro atoms. The third-order valence-corrected chi connectivity index (χ3v) is 6.34. The lowest BCUT2D eigenvalue weighted by Gasteiger charge is -2.35. The summed E-state index contributed by atoms with van der Waals surface area (Å²) in [5.74, 6) is 1.23. The Kier molecular flexibility index (Phi) is 4.88. The molecule has 1 unspecified atom stereocenters. The second-order valence-electron chi connectivity index (χ2n) is 8.38. The van der Waals surface area contributed by atoms with Crippen LogP contribution in [0.5, 0.6) is 0 Å². The molecule has 1 N–H and O–H groups in total. The number of hydrogen-bond acceptors (Lipinski definition) is 4. The van der Waals surface area contributed by atoms with Crippen LogP contribution in [0.25, 0.3) is 0 Å². The third-order valence-electron chi connectivity index (χ3n) is 6.34. The summed E-state index contributed by atoms with van der Waals surface area (Å²) in [6.45, 7) is 5.00. The van der Waals surface area contributed by atoms with Crippen LogP contribution in [0, 0.1) is 13.8 Å². The minimum absolute atomic E-state index is 0.0324. The fourth-order valence-electron chi connectivity index (χ4n) is 4.80. The zero-order valence-electron chi connectivity index (χ0n) is 17.9. The molecule has 7 nitrogen and oxygen atoms in total. The van der Waals surface area contributed by atoms with Crippen molar-refractivity contribution in [3.05, 3.63) is 70.4 Å². The predicted octanol–water partition coefficient (Wildman–Crippen LogP) is 4.19. The molecule has 0 radical (unpaired) electrons. The Labute approximate surface area is 181 Å². The lowest BCUT2D eigenvalue weighted by molar-refractivity contribution is 0.0604. The number of para-hydroxylation sites is 1. The van der Waals surface area contributed by atoms with Gasteiger partial charge in [0.05, 0.1) is 17.3 Å². The van der Waals surface area contributed by atoms with Crippen molar-refractivity contribution in [3.63, 3.8) is 0 Å². The number of carbonyl (C=O) groups is 2. The number of hydrogen-bond donors (Lipinski definition) is 1. The van der Waals surface area contributed by atoms with E-state index in [4.69, 9.17) is 4.42 Å². The summed E-state index contributed by atoms with van der Waals surface area (Å²) in [7, 11) is 0. The minimum Gasteiger partial charge on any atom is -0.466 e. The Morgan fingerprint density at radius 3 is 2.74 bits per heavy atom. The SMILES string of the molecule is Cc1cc(C(=O)N2CCCCC2c2cc(C(=O)N3CCc4ccccc43)n[nH]2)c(C)o1. The highest BCUT2D eigenvalue weighted by Gasteiger charge is 2.33. The van der Waals surface area contributed by atoms with Crippen molar-refractivity contribution in [2.75, 3.05) is 18.0 Å². The average molecular weight is 418 g/mol. The average Bonchev–Trinajstić information content (AvgIpc) is 3.51. The number of anilines is 1. The first kappa shape index (κ1) is 19.6. The highest BCUT2D eigenvalue weighted by atomic mass is 16.3. The maximum Gasteiger partial charge on any atom is 0.278 e. The van der Waals surface area contributed by atoms with Crippen LogP contribution in [-0.4, -0.2) is 40.0 Å². The summed E-state index contributed by atoms with van der Waals surface area (Å²) >= 11 is 0. The minimum atomic E-state index is -0.129. The van der Waals surface area contributed by atoms with Crippen molar-refractivity contribution in [1.29, 1.82) is 0 Å². The first-order chi connectivity index (χ1) is 15.0. The van der Waals surface area contributed by atoms with E-state index in [1.807, 2.05) is 43.0 Å². The molecule has 7 heteroatoms. The van der Waals surface area contributed by atoms with Crippen LogP contribution in [0.4, 0.5) is 5.69 Å². The number of H-pyrrole nitrogens is 1. The number of fused-ring (bicyclic) bond motifs is 1. The van der Waals surface area contributed by atoms with E-state index < -0.39 is 0 Å². The first-order valence-corrected chi connectivity index (χ1v) is 10.9. The van der Waals surface area contributed by atoms with Crippen LogP contribution in [-0.2, 0) is 6.42 Å². The molecule has 2 amide bonds. The van der Waals surface area contributed by atoms with Gasteiger partial charge in [-0.2, -0.15) is 5.10 Å². The molecule has 0 saturated carbocycles. The molecule has 1 aromatic carbocycles. The van der Waals surface area contributed by atoms with E-state index in [-0.39, 0.29) is 17.9 Å². The molecule has 2 aliphatic rings. The second-order valence-corrected chi connectivity index (χ2v) is 8.38. The Hall–Kier alpha value is -3.35. The number of piperidine rings is 1. The van der Waals surface area contributed by atoms with Crippen LogP contribution in [0.2, 0.25) is 0 Å². The number of aromatic nitrogens is 2. The van der Waals surface area contributed by atoms with E-state index >= 15 is 0 Å². The van der Waals surface area contributed by atoms with Gasteiger partial charge < -0.3 is 14.2 Å². The summed E-state index contributed by atoms with van der Waals surface area (Å²) < 4.78 is 5.57. The number of aryl methyl sites for hydroxylation is 2. The summed E-state index contributed by atoms with van der Waals surface area (Å²) in [4.78, 5) is 30.1. The second kappa shape index (κ2) is 7.72. The van der Waals surface area contributed by atoms with E-state index in [1.165, 1.54) is 5.56 Å². The lowest BCUT2D eigenvalue weighted by Crippen LogP contribution is -2.38. The fourth-order valence-corrected chi connectivity index (χ4v) is 4.80. The number of furan rings is 1. The number of amides is 2. The Bertz CT molecular complexity index is 1150. The van der Waals surface area contributed by atoms with Crippen LogP contribution in [0.15, 0.2) is 40.8 Å². The molecule has 3 aromatic rings. The first-order valence-electron chi connectivity index (χ1n) is 10.9. The monoisotopic (exact) mass is 418 g/mol. The van der Waals surface area contributed by atoms with Crippen molar-refractivity contribution in [2.24, 2.45) is 0 Å². The highest BCUT2D eigenvalue weighted by molar-refractivity contribution is 6.06. The number of nitrogens with zero attached hydrogens (tertiary/aromatic N) is 3. The number of aromatic amines is 1. The van der Waals surface area contributed by atoms with Gasteiger partial charge in [-0.1, -0.05) is 18.2 Å². The van der Waals surface area contributed by atoms with Gasteiger partial charge in [0.2, 0.25) is 0 Å². The highest BCUT2D eigenvalue weighted by Crippen LogP contribution is 2.33. The number of rotatable bonds is 3. The maximum absolute atomic E-state index is 13.3. The lowest BCUT2D eigenvalue weighted by atomic mass is 9.98. The van der Waals surface area contributed by atoms with E-state index in [0.717, 1.165) is 42.8 Å². The number of nitrogens with one attached hydrogen (secondary N) is 1. The molecule has 2 aliphatic heterocycles. The zero-order chi connectivity index (χ0) is 21.5. The molecule has 31 heavy (non-hydrogen) atoms. The fraction of sp³-hybridized carbons (Fsp3) is 0.375. The van der Waals surface area contributed by atoms with Gasteiger partial charge in [0, 0.05) is 18.8 Å². The van der Waals surface area contributed by atoms with Gasteiger partial charge in [0.1, 0.15) is 11.5 Å². The van der Waals surface area contributed by atoms with E-state index in [9.17, 15) is 9.59 Å². The maximum atomic E-state index is 13.3. The summed E-state index contributed by atoms with van der Waals surface area (Å²) in [6.07, 6.45) is 3.68. The molecule has 0 bridgehead atoms. The van der Waals surface area contributed by atoms with Crippen molar-refractivity contribution in [1.82, 2.24) is 15.1 Å². The molecular formula is C24H26N4O3. The topological polar surface area (TPSA) is 82.4 Å². The molecular weight excluding hydrogens is 392 g/mol. The van der Waals surface area contributed by atoms with Crippen molar-refractivity contribution >= 4 is 17.5 Å². The normalized spacial score (nSPS) is 18.3. The van der Waals surface area contributed by atoms with E-state index in [1.54, 1.807) is 11.0 Å². The number of benzene rings is 1. The van der Waals surface area contributed by atoms with Crippen molar-refractivity contribution in [2.45, 2.75) is 45.6 Å². The summed E-state index contributed by atoms with van der Waals surface area (Å²) in [5, 5.41) is 7.37. The number of likely N-dealkylation sites (tertiary alicyclic amines) is 1. The van der Waals surface area contributed by atoms with Gasteiger partial charge in [-0.25, -0.2) is 0 Å². The zero-order valence-corrected chi connectivity index (χ0v) is 17.9. The molecule has 1 fully saturated rings. The van der Waals surface area contributed by atoms with Gasteiger partial charge in [-0.15, -0.1) is 0 Å². The molecule has 1 saturated heterocycles. The Morgan fingerprint density at radius 2 is 1.94 bits per heavy atom. The van der Waals surface area contributed by atoms with Gasteiger partial charge in [-0.3, -0.25) is 14.7 Å². The molecule has 4 heterocycles. The van der Waals surface area contributed by atoms with Gasteiger partial charge in [-0.05, 0) is 63.3 Å². The van der Waals surface area contributed by atoms with E-state index in [0.29, 0.717) is 30.1 Å². The Morgan fingerprint density at radius 1 is 1.10 bits per heavy atom. The summed E-state index contributed by atoms with van der Waals surface area (Å²) in [6, 6.07) is 11.5. The van der Waals surface area contributed by atoms with Gasteiger partial charge in [0.15, 0.2) is 5.69 Å². The van der Waals surface area contributed by atoms with Gasteiger partial charge >= 0.3 is 0 Å². The summed E-state index contributed by atoms with van der Waals surface area (Å²) in [5.41, 5.74) is 3.94. The van der Waals surface area contributed by atoms with Crippen molar-refractivity contribution in [3.8, 4) is 0 Å². The molecule has 2 aromatic heterocycles. The van der Waals surface area contributed by atoms with Crippen molar-refractivity contribution < 1.29 is 14.0 Å². The standard InChI is InChI=1S/C24H26N4O3/c1-15-13-18(16(2)31-15)23(29)27-11-6-5-9-22(27)19-14-20(26-25-19)24(30)28-12-10-17-7-3-4-8-21(17)28/h3-4,7-8,13-14,22H,5-6,9-12H2,1-2H3,(H,25,26). The molecule has 0 aliphatic carbocycles. The third kappa shape index (κ3) is 3.44. The van der Waals surface area contributed by atoms with Crippen LogP contribution in [0.3, 0.4) is 0 Å². The molecule has 160 valence electrons. The van der Waals surface area contributed by atoms with Crippen LogP contribution < -0.4 is 4.90 Å². The smallest absolute Gasteiger partial charge is 0.278 e. The van der Waals surface area contributed by atoms with Crippen LogP contribution >= 0.6 is 0 Å². The quantitative estimate of drug-likeness (QED) is 0.691. The molecule has 5 rings (SSSR count). The van der Waals surface area contributed by atoms with Crippen LogP contribution in [0.1, 0.15) is 68.9 Å². The van der Waals surface area contributed by atoms with Gasteiger partial charge in [0.25, 0.3) is 11.8 Å². The molecule has 1 atom stereocenters. The number of carbonyl (C=O) groups excluding carboxylic acids is 2. The Balaban J connectivity index is 1.39.